The van der Waals surface area contributed by atoms with Gasteiger partial charge in [-0.1, -0.05) is 43.2 Å². The molecule has 3 aromatic rings. The average molecular weight is 418 g/mol. The Morgan fingerprint density at radius 3 is 2.32 bits per heavy atom. The van der Waals surface area contributed by atoms with E-state index >= 15 is 0 Å². The maximum atomic E-state index is 12.9. The summed E-state index contributed by atoms with van der Waals surface area (Å²) < 4.78 is 1.75. The number of aryl methyl sites for hydroxylation is 3. The Morgan fingerprint density at radius 2 is 1.68 bits per heavy atom. The first-order chi connectivity index (χ1) is 14.9. The van der Waals surface area contributed by atoms with Crippen molar-refractivity contribution >= 4 is 5.91 Å². The molecular weight excluding hydrogens is 386 g/mol. The topological polar surface area (TPSA) is 72.7 Å². The van der Waals surface area contributed by atoms with Gasteiger partial charge in [-0.3, -0.25) is 4.79 Å². The maximum absolute atomic E-state index is 12.9. The first-order valence-electron chi connectivity index (χ1n) is 11.1. The van der Waals surface area contributed by atoms with Crippen molar-refractivity contribution in [3.8, 4) is 5.95 Å². The molecule has 2 heterocycles. The summed E-state index contributed by atoms with van der Waals surface area (Å²) in [6.45, 7) is 8.50. The quantitative estimate of drug-likeness (QED) is 0.656. The van der Waals surface area contributed by atoms with Crippen LogP contribution in [-0.4, -0.2) is 32.2 Å². The van der Waals surface area contributed by atoms with E-state index in [9.17, 15) is 4.79 Å². The summed E-state index contributed by atoms with van der Waals surface area (Å²) in [6.07, 6.45) is 4.99. The van der Waals surface area contributed by atoms with Crippen molar-refractivity contribution in [1.82, 2.24) is 25.1 Å². The van der Waals surface area contributed by atoms with Gasteiger partial charge in [0.1, 0.15) is 0 Å². The molecule has 0 bridgehead atoms. The standard InChI is InChI=1S/C25H31N5O/c1-17-14-18(2)28-24(27-17)30-20(4)22(19(3)29-30)15-23(31)26-16-25(12-8-9-13-25)21-10-6-5-7-11-21/h5-7,10-11,14H,8-9,12-13,15-16H2,1-4H3,(H,26,31). The average Bonchev–Trinajstić information content (AvgIpc) is 3.33. The minimum atomic E-state index is 0.0364. The highest BCUT2D eigenvalue weighted by atomic mass is 16.1. The number of amides is 1. The van der Waals surface area contributed by atoms with Gasteiger partial charge in [-0.05, 0) is 52.2 Å². The van der Waals surface area contributed by atoms with Crippen molar-refractivity contribution in [3.05, 3.63) is 70.3 Å². The van der Waals surface area contributed by atoms with Gasteiger partial charge < -0.3 is 5.32 Å². The normalized spacial score (nSPS) is 15.2. The highest BCUT2D eigenvalue weighted by molar-refractivity contribution is 5.79. The van der Waals surface area contributed by atoms with Crippen LogP contribution in [0.1, 0.15) is 59.6 Å². The summed E-state index contributed by atoms with van der Waals surface area (Å²) in [5, 5.41) is 7.85. The van der Waals surface area contributed by atoms with E-state index in [1.165, 1.54) is 18.4 Å². The van der Waals surface area contributed by atoms with Crippen molar-refractivity contribution < 1.29 is 4.79 Å². The second-order valence-electron chi connectivity index (χ2n) is 8.82. The lowest BCUT2D eigenvalue weighted by atomic mass is 9.79. The summed E-state index contributed by atoms with van der Waals surface area (Å²) in [7, 11) is 0. The number of hydrogen-bond acceptors (Lipinski definition) is 4. The molecule has 6 heteroatoms. The van der Waals surface area contributed by atoms with Crippen LogP contribution in [0.4, 0.5) is 0 Å². The Kier molecular flexibility index (Phi) is 5.90. The number of nitrogens with one attached hydrogen (secondary N) is 1. The van der Waals surface area contributed by atoms with Crippen LogP contribution in [-0.2, 0) is 16.6 Å². The molecule has 1 aliphatic rings. The first kappa shape index (κ1) is 21.2. The molecule has 1 aliphatic carbocycles. The lowest BCUT2D eigenvalue weighted by molar-refractivity contribution is -0.120. The van der Waals surface area contributed by atoms with Crippen LogP contribution in [0, 0.1) is 27.7 Å². The predicted octanol–water partition coefficient (Wildman–Crippen LogP) is 4.07. The van der Waals surface area contributed by atoms with Gasteiger partial charge in [0, 0.05) is 34.6 Å². The summed E-state index contributed by atoms with van der Waals surface area (Å²) in [5.41, 5.74) is 5.89. The second kappa shape index (κ2) is 8.61. The van der Waals surface area contributed by atoms with Crippen molar-refractivity contribution in [2.24, 2.45) is 0 Å². The first-order valence-corrected chi connectivity index (χ1v) is 11.1. The Hall–Kier alpha value is -3.02. The van der Waals surface area contributed by atoms with E-state index in [0.29, 0.717) is 18.9 Å². The molecule has 0 spiro atoms. The zero-order chi connectivity index (χ0) is 22.0. The molecule has 2 aromatic heterocycles. The number of hydrogen-bond donors (Lipinski definition) is 1. The van der Waals surface area contributed by atoms with E-state index in [-0.39, 0.29) is 11.3 Å². The Morgan fingerprint density at radius 1 is 1.03 bits per heavy atom. The molecule has 0 atom stereocenters. The molecule has 1 aromatic carbocycles. The third-order valence-corrected chi connectivity index (χ3v) is 6.51. The molecule has 1 fully saturated rings. The molecule has 1 saturated carbocycles. The van der Waals surface area contributed by atoms with Crippen LogP contribution in [0.15, 0.2) is 36.4 Å². The molecule has 162 valence electrons. The van der Waals surface area contributed by atoms with Crippen LogP contribution in [0.5, 0.6) is 0 Å². The number of carbonyl (C=O) groups is 1. The van der Waals surface area contributed by atoms with Gasteiger partial charge in [-0.2, -0.15) is 5.10 Å². The van der Waals surface area contributed by atoms with Crippen LogP contribution >= 0.6 is 0 Å². The molecule has 0 unspecified atom stereocenters. The largest absolute Gasteiger partial charge is 0.355 e. The monoisotopic (exact) mass is 417 g/mol. The minimum absolute atomic E-state index is 0.0364. The van der Waals surface area contributed by atoms with E-state index < -0.39 is 0 Å². The second-order valence-corrected chi connectivity index (χ2v) is 8.82. The van der Waals surface area contributed by atoms with Crippen molar-refractivity contribution in [3.63, 3.8) is 0 Å². The highest BCUT2D eigenvalue weighted by Crippen LogP contribution is 2.40. The molecule has 0 aliphatic heterocycles. The summed E-state index contributed by atoms with van der Waals surface area (Å²) in [6, 6.07) is 12.6. The fourth-order valence-corrected chi connectivity index (χ4v) is 4.83. The molecule has 0 radical (unpaired) electrons. The van der Waals surface area contributed by atoms with Gasteiger partial charge in [0.05, 0.1) is 12.1 Å². The van der Waals surface area contributed by atoms with Gasteiger partial charge in [-0.15, -0.1) is 0 Å². The molecule has 0 saturated heterocycles. The van der Waals surface area contributed by atoms with Crippen molar-refractivity contribution in [2.75, 3.05) is 6.54 Å². The SMILES string of the molecule is Cc1cc(C)nc(-n2nc(C)c(CC(=O)NCC3(c4ccccc4)CCCC3)c2C)n1. The lowest BCUT2D eigenvalue weighted by Gasteiger charge is -2.30. The van der Waals surface area contributed by atoms with E-state index in [2.05, 4.69) is 44.6 Å². The highest BCUT2D eigenvalue weighted by Gasteiger charge is 2.35. The predicted molar refractivity (Wildman–Crippen MR) is 121 cm³/mol. The van der Waals surface area contributed by atoms with E-state index in [1.54, 1.807) is 4.68 Å². The van der Waals surface area contributed by atoms with Crippen LogP contribution in [0.3, 0.4) is 0 Å². The smallest absolute Gasteiger partial charge is 0.251 e. The molecule has 6 nitrogen and oxygen atoms in total. The minimum Gasteiger partial charge on any atom is -0.355 e. The van der Waals surface area contributed by atoms with Crippen molar-refractivity contribution in [1.29, 1.82) is 0 Å². The van der Waals surface area contributed by atoms with Crippen LogP contribution in [0.25, 0.3) is 5.95 Å². The van der Waals surface area contributed by atoms with E-state index in [1.807, 2.05) is 39.8 Å². The Balaban J connectivity index is 1.50. The third-order valence-electron chi connectivity index (χ3n) is 6.51. The fourth-order valence-electron chi connectivity index (χ4n) is 4.83. The number of benzene rings is 1. The van der Waals surface area contributed by atoms with Gasteiger partial charge in [0.25, 0.3) is 5.95 Å². The zero-order valence-electron chi connectivity index (χ0n) is 18.9. The third kappa shape index (κ3) is 4.38. The zero-order valence-corrected chi connectivity index (χ0v) is 18.9. The number of nitrogens with zero attached hydrogens (tertiary/aromatic N) is 4. The van der Waals surface area contributed by atoms with Crippen molar-refractivity contribution in [2.45, 2.75) is 65.2 Å². The number of rotatable bonds is 6. The summed E-state index contributed by atoms with van der Waals surface area (Å²) in [5.74, 6) is 0.591. The molecule has 4 rings (SSSR count). The van der Waals surface area contributed by atoms with Crippen LogP contribution in [0.2, 0.25) is 0 Å². The summed E-state index contributed by atoms with van der Waals surface area (Å²) in [4.78, 5) is 22.0. The van der Waals surface area contributed by atoms with E-state index in [0.717, 1.165) is 41.2 Å². The van der Waals surface area contributed by atoms with Gasteiger partial charge >= 0.3 is 0 Å². The number of carbonyl (C=O) groups excluding carboxylic acids is 1. The molecule has 1 N–H and O–H groups in total. The Labute approximate surface area is 184 Å². The van der Waals surface area contributed by atoms with Gasteiger partial charge in [-0.25, -0.2) is 14.6 Å². The summed E-state index contributed by atoms with van der Waals surface area (Å²) >= 11 is 0. The number of aromatic nitrogens is 4. The molecule has 1 amide bonds. The van der Waals surface area contributed by atoms with Crippen LogP contribution < -0.4 is 5.32 Å². The van der Waals surface area contributed by atoms with Gasteiger partial charge in [0.15, 0.2) is 0 Å². The lowest BCUT2D eigenvalue weighted by Crippen LogP contribution is -2.39. The van der Waals surface area contributed by atoms with Gasteiger partial charge in [0.2, 0.25) is 5.91 Å². The fraction of sp³-hybridized carbons (Fsp3) is 0.440. The molecular formula is C25H31N5O. The maximum Gasteiger partial charge on any atom is 0.251 e. The van der Waals surface area contributed by atoms with E-state index in [4.69, 9.17) is 0 Å². The Bertz CT molecular complexity index is 1060. The molecule has 31 heavy (non-hydrogen) atoms.